The fourth-order valence-corrected chi connectivity index (χ4v) is 0. The number of hydrogen-bond donors (Lipinski definition) is 0. The van der Waals surface area contributed by atoms with E-state index in [1.54, 1.807) is 0 Å². The first-order chi connectivity index (χ1) is 1.00. The normalized spacial score (nSPS) is 1.00. The molecule has 4 heavy (non-hydrogen) atoms. The summed E-state index contributed by atoms with van der Waals surface area (Å²) in [7, 11) is 3.11. The summed E-state index contributed by atoms with van der Waals surface area (Å²) in [4.78, 5) is 0. The van der Waals surface area contributed by atoms with Crippen LogP contribution in [-0.4, -0.2) is 0 Å². The van der Waals surface area contributed by atoms with E-state index in [0.29, 0.717) is 0 Å². The van der Waals surface area contributed by atoms with Gasteiger partial charge in [-0.25, -0.2) is 0 Å². The Morgan fingerprint density at radius 2 is 1.25 bits per heavy atom. The first-order valence-electron chi connectivity index (χ1n) is 0.183. The summed E-state index contributed by atoms with van der Waals surface area (Å²) < 4.78 is 0. The Balaban J connectivity index is -0.00000000500. The molecule has 0 spiro atoms. The van der Waals surface area contributed by atoms with Gasteiger partial charge in [0.15, 0.2) is 0 Å². The van der Waals surface area contributed by atoms with Crippen molar-refractivity contribution in [1.82, 2.24) is 0 Å². The van der Waals surface area contributed by atoms with Crippen molar-refractivity contribution in [1.29, 1.82) is 0 Å². The van der Waals surface area contributed by atoms with Crippen molar-refractivity contribution in [3.8, 4) is 0 Å². The minimum atomic E-state index is 0. The van der Waals surface area contributed by atoms with E-state index in [-0.39, 0.29) is 35.6 Å². The second kappa shape index (κ2) is 23.0. The second-order valence-electron chi connectivity index (χ2n) is 0. The molecule has 0 saturated heterocycles. The molecule has 0 amide bonds. The molecule has 0 aromatic rings. The van der Waals surface area contributed by atoms with Crippen molar-refractivity contribution < 1.29 is 35.6 Å². The maximum atomic E-state index is 3.78. The largest absolute Gasteiger partial charge is 0.0464 e. The van der Waals surface area contributed by atoms with Crippen molar-refractivity contribution in [2.75, 3.05) is 0 Å². The molecular weight excluding hydrogens is 178 g/mol. The fourth-order valence-electron chi connectivity index (χ4n) is 0. The predicted molar refractivity (Wildman–Crippen MR) is 14.3 cm³/mol. The van der Waals surface area contributed by atoms with Crippen molar-refractivity contribution in [3.63, 3.8) is 0 Å². The van der Waals surface area contributed by atoms with Gasteiger partial charge in [-0.05, 0) is 11.8 Å². The quantitative estimate of drug-likeness (QED) is 0.391. The van der Waals surface area contributed by atoms with Crippen molar-refractivity contribution >= 4 is 19.8 Å². The monoisotopic (exact) mass is 177 g/mol. The van der Waals surface area contributed by atoms with Gasteiger partial charge in [0, 0.05) is 43.6 Å². The minimum absolute atomic E-state index is 0. The van der Waals surface area contributed by atoms with Crippen LogP contribution in [0.15, 0.2) is 0 Å². The van der Waals surface area contributed by atoms with Gasteiger partial charge in [0.05, 0.1) is 0 Å². The summed E-state index contributed by atoms with van der Waals surface area (Å²) in [5.74, 6) is 0. The molecule has 0 atom stereocenters. The Kier molecular flexibility index (Phi) is 101. The second-order valence-corrected chi connectivity index (χ2v) is 0. The molecule has 0 unspecified atom stereocenters. The van der Waals surface area contributed by atoms with Crippen LogP contribution in [0.4, 0.5) is 0 Å². The van der Waals surface area contributed by atoms with E-state index in [4.69, 9.17) is 0 Å². The molecule has 0 rings (SSSR count). The van der Waals surface area contributed by atoms with Gasteiger partial charge in [0.1, 0.15) is 0 Å². The Morgan fingerprint density at radius 3 is 1.25 bits per heavy atom. The topological polar surface area (TPSA) is 0 Å². The molecule has 3 radical (unpaired) electrons. The van der Waals surface area contributed by atoms with Crippen molar-refractivity contribution in [3.05, 3.63) is 0 Å². The fraction of sp³-hybridized carbons (Fsp3) is 0. The van der Waals surface area contributed by atoms with Crippen molar-refractivity contribution in [2.45, 2.75) is 0 Å². The van der Waals surface area contributed by atoms with E-state index >= 15 is 0 Å². The minimum Gasteiger partial charge on any atom is -0.0464 e. The average molecular weight is 178 g/mol. The third-order valence-electron chi connectivity index (χ3n) is 0. The van der Waals surface area contributed by atoms with Crippen LogP contribution in [0.3, 0.4) is 0 Å². The van der Waals surface area contributed by atoms with E-state index in [1.165, 1.54) is 0 Å². The van der Waals surface area contributed by atoms with Gasteiger partial charge in [0.25, 0.3) is 0 Å². The SMILES string of the molecule is [Cu].[P]=S.[V]. The molecule has 0 N–H and O–H groups in total. The van der Waals surface area contributed by atoms with Gasteiger partial charge >= 0.3 is 0 Å². The first-order valence-corrected chi connectivity index (χ1v) is 1.64. The van der Waals surface area contributed by atoms with Gasteiger partial charge in [-0.2, -0.15) is 0 Å². The number of rotatable bonds is 0. The molecule has 0 bridgehead atoms. The number of hydrogen-bond acceptors (Lipinski definition) is 1. The molecule has 27 valence electrons. The summed E-state index contributed by atoms with van der Waals surface area (Å²) in [6, 6.07) is 0. The zero-order chi connectivity index (χ0) is 2.00. The summed E-state index contributed by atoms with van der Waals surface area (Å²) in [6.07, 6.45) is 0. The van der Waals surface area contributed by atoms with E-state index in [1.807, 2.05) is 0 Å². The maximum absolute atomic E-state index is 3.78. The molecule has 0 fully saturated rings. The van der Waals surface area contributed by atoms with Crippen LogP contribution in [0.5, 0.6) is 0 Å². The molecule has 0 aliphatic heterocycles. The summed E-state index contributed by atoms with van der Waals surface area (Å²) >= 11 is 3.78. The van der Waals surface area contributed by atoms with Gasteiger partial charge in [-0.3, -0.25) is 0 Å². The zero-order valence-corrected chi connectivity index (χ0v) is 5.65. The molecule has 0 aromatic heterocycles. The van der Waals surface area contributed by atoms with Crippen LogP contribution >= 0.6 is 8.02 Å². The van der Waals surface area contributed by atoms with E-state index in [2.05, 4.69) is 19.8 Å². The summed E-state index contributed by atoms with van der Waals surface area (Å²) in [5, 5.41) is 0. The Morgan fingerprint density at radius 1 is 1.25 bits per heavy atom. The molecule has 0 nitrogen and oxygen atoms in total. The molecule has 0 heterocycles. The summed E-state index contributed by atoms with van der Waals surface area (Å²) in [6.45, 7) is 0. The van der Waals surface area contributed by atoms with Gasteiger partial charge in [-0.15, -0.1) is 0 Å². The van der Waals surface area contributed by atoms with Crippen LogP contribution in [0, 0.1) is 0 Å². The molecule has 0 aliphatic carbocycles. The van der Waals surface area contributed by atoms with Crippen LogP contribution in [-0.2, 0) is 47.4 Å². The molecule has 0 aliphatic rings. The Labute approximate surface area is 55.3 Å². The zero-order valence-electron chi connectivity index (χ0n) is 1.60. The van der Waals surface area contributed by atoms with Gasteiger partial charge in [-0.1, -0.05) is 0 Å². The van der Waals surface area contributed by atoms with Crippen molar-refractivity contribution in [2.24, 2.45) is 0 Å². The predicted octanol–water partition coefficient (Wildman–Crippen LogP) is 0.854. The first kappa shape index (κ1) is 17.5. The third-order valence-corrected chi connectivity index (χ3v) is 0. The standard InChI is InChI=1S/Cu.PS.V/c;1-2;. The van der Waals surface area contributed by atoms with Crippen LogP contribution in [0.25, 0.3) is 0 Å². The van der Waals surface area contributed by atoms with Gasteiger partial charge in [0.2, 0.25) is 0 Å². The Bertz CT molecular complexity index is 8.00. The van der Waals surface area contributed by atoms with E-state index in [9.17, 15) is 0 Å². The van der Waals surface area contributed by atoms with E-state index < -0.39 is 0 Å². The molecule has 0 aromatic carbocycles. The third kappa shape index (κ3) is 9.46. The average Bonchev–Trinajstić information content (AvgIpc) is 1.00. The molecular formula is CuPSV. The smallest absolute Gasteiger partial charge is 0.0464 e. The molecule has 4 heteroatoms. The molecule has 0 saturated carbocycles. The van der Waals surface area contributed by atoms with Crippen LogP contribution in [0.2, 0.25) is 0 Å². The van der Waals surface area contributed by atoms with Gasteiger partial charge < -0.3 is 0 Å². The maximum Gasteiger partial charge on any atom is 0.0464 e. The Hall–Kier alpha value is 1.62. The van der Waals surface area contributed by atoms with Crippen LogP contribution < -0.4 is 0 Å². The van der Waals surface area contributed by atoms with Crippen LogP contribution in [0.1, 0.15) is 0 Å². The van der Waals surface area contributed by atoms with E-state index in [0.717, 1.165) is 0 Å². The summed E-state index contributed by atoms with van der Waals surface area (Å²) in [5.41, 5.74) is 0.